The van der Waals surface area contributed by atoms with Gasteiger partial charge in [0.15, 0.2) is 0 Å². The normalized spacial score (nSPS) is 21.5. The van der Waals surface area contributed by atoms with E-state index in [0.29, 0.717) is 12.8 Å². The summed E-state index contributed by atoms with van der Waals surface area (Å²) in [5.41, 5.74) is 18.8. The fourth-order valence-electron chi connectivity index (χ4n) is 5.02. The third-order valence-corrected chi connectivity index (χ3v) is 7.46. The molecule has 0 radical (unpaired) electrons. The molecule has 6 atom stereocenters. The van der Waals surface area contributed by atoms with Crippen molar-refractivity contribution in [2.75, 3.05) is 33.2 Å². The number of aliphatic hydroxyl groups excluding tert-OH is 1. The molecule has 0 bridgehead atoms. The number of aromatic amines is 2. The summed E-state index contributed by atoms with van der Waals surface area (Å²) in [5.74, 6) is 7.45. The van der Waals surface area contributed by atoms with Crippen LogP contribution >= 0.6 is 0 Å². The quantitative estimate of drug-likeness (QED) is 0.0855. The van der Waals surface area contributed by atoms with Crippen molar-refractivity contribution in [3.8, 4) is 23.7 Å². The Morgan fingerprint density at radius 1 is 0.963 bits per heavy atom. The number of nitrogens with one attached hydrogen (secondary N) is 3. The molecule has 2 saturated heterocycles. The third kappa shape index (κ3) is 11.8. The molecule has 2 aliphatic heterocycles. The van der Waals surface area contributed by atoms with Crippen molar-refractivity contribution in [1.29, 1.82) is 0 Å². The zero-order valence-electron chi connectivity index (χ0n) is 28.2. The summed E-state index contributed by atoms with van der Waals surface area (Å²) < 4.78 is 60.7. The number of amides is 1. The van der Waals surface area contributed by atoms with Gasteiger partial charge < -0.3 is 35.1 Å². The molecule has 0 aromatic carbocycles. The van der Waals surface area contributed by atoms with Crippen LogP contribution in [0.4, 0.5) is 13.2 Å². The maximum atomic E-state index is 12.1. The molecule has 54 heavy (non-hydrogen) atoms. The van der Waals surface area contributed by atoms with Gasteiger partial charge in [-0.05, 0) is 17.5 Å². The molecule has 6 N–H and O–H groups in total. The van der Waals surface area contributed by atoms with Crippen molar-refractivity contribution in [2.24, 2.45) is 16.0 Å². The van der Waals surface area contributed by atoms with E-state index < -0.39 is 72.4 Å². The van der Waals surface area contributed by atoms with Gasteiger partial charge in [-0.25, -0.2) is 9.59 Å². The molecular weight excluding hydrogens is 733 g/mol. The number of carbonyl (C=O) groups is 1. The fraction of sp³-hybridized carbons (Fsp3) is 0.552. The fourth-order valence-corrected chi connectivity index (χ4v) is 5.02. The number of ether oxygens (including phenoxy) is 4. The van der Waals surface area contributed by atoms with E-state index in [2.05, 4.69) is 48.7 Å². The van der Waals surface area contributed by atoms with Crippen molar-refractivity contribution in [1.82, 2.24) is 24.4 Å². The molecule has 4 heterocycles. The van der Waals surface area contributed by atoms with Gasteiger partial charge in [0.2, 0.25) is 0 Å². The van der Waals surface area contributed by atoms with E-state index in [1.165, 1.54) is 16.1 Å². The van der Waals surface area contributed by atoms with Gasteiger partial charge in [0.05, 0.1) is 38.0 Å². The van der Waals surface area contributed by atoms with Gasteiger partial charge in [-0.3, -0.25) is 33.5 Å². The van der Waals surface area contributed by atoms with Crippen molar-refractivity contribution >= 4 is 5.91 Å². The number of aliphatic hydroxyl groups is 1. The number of azide groups is 2. The molecule has 2 fully saturated rings. The predicted molar refractivity (Wildman–Crippen MR) is 177 cm³/mol. The highest BCUT2D eigenvalue weighted by Crippen LogP contribution is 2.32. The summed E-state index contributed by atoms with van der Waals surface area (Å²) >= 11 is 0. The number of halogens is 3. The van der Waals surface area contributed by atoms with E-state index in [0.717, 1.165) is 10.8 Å². The van der Waals surface area contributed by atoms with Crippen molar-refractivity contribution < 1.29 is 42.0 Å². The Hall–Kier alpha value is -5.88. The first-order valence-corrected chi connectivity index (χ1v) is 15.7. The second kappa shape index (κ2) is 20.4. The predicted octanol–water partition coefficient (Wildman–Crippen LogP) is -0.303. The average Bonchev–Trinajstić information content (AvgIpc) is 3.74. The summed E-state index contributed by atoms with van der Waals surface area (Å²) in [6, 6.07) is 0. The van der Waals surface area contributed by atoms with Crippen LogP contribution in [0.1, 0.15) is 49.8 Å². The topological polar surface area (TPSA) is 320 Å². The number of H-pyrrole nitrogens is 2. The van der Waals surface area contributed by atoms with E-state index in [4.69, 9.17) is 35.7 Å². The lowest BCUT2D eigenvalue weighted by atomic mass is 10.1. The SMILES string of the molecule is CCC1OC(n2cc(C#CCN)c(=O)[nH]c2=O)CC1OCN=[N+]=[N-].[N-]=[N+]=NCOC1CC(n2cc(C#CCNC(=O)C(F)(F)F)c(=O)[nH]c2=O)OC1CO. The molecule has 6 unspecified atom stereocenters. The van der Waals surface area contributed by atoms with Crippen molar-refractivity contribution in [3.63, 3.8) is 0 Å². The maximum Gasteiger partial charge on any atom is 0.471 e. The lowest BCUT2D eigenvalue weighted by Gasteiger charge is -2.16. The minimum absolute atomic E-state index is 0.0621. The van der Waals surface area contributed by atoms with E-state index in [1.807, 2.05) is 11.9 Å². The molecule has 290 valence electrons. The number of carbonyl (C=O) groups excluding carboxylic acids is 1. The van der Waals surface area contributed by atoms with E-state index in [9.17, 15) is 42.3 Å². The number of alkyl halides is 3. The molecule has 0 spiro atoms. The summed E-state index contributed by atoms with van der Waals surface area (Å²) in [6.45, 7) is 0.451. The first-order chi connectivity index (χ1) is 25.8. The van der Waals surface area contributed by atoms with Crippen LogP contribution < -0.4 is 33.5 Å². The minimum atomic E-state index is -5.06. The second-order valence-electron chi connectivity index (χ2n) is 10.9. The third-order valence-electron chi connectivity index (χ3n) is 7.46. The Labute approximate surface area is 300 Å². The average molecular weight is 767 g/mol. The first kappa shape index (κ1) is 42.5. The monoisotopic (exact) mass is 766 g/mol. The smallest absolute Gasteiger partial charge is 0.394 e. The highest BCUT2D eigenvalue weighted by Gasteiger charge is 2.39. The number of hydrogen-bond acceptors (Lipinski definition) is 13. The highest BCUT2D eigenvalue weighted by molar-refractivity contribution is 5.81. The van der Waals surface area contributed by atoms with Crippen LogP contribution in [0.15, 0.2) is 41.8 Å². The minimum Gasteiger partial charge on any atom is -0.394 e. The van der Waals surface area contributed by atoms with E-state index in [-0.39, 0.29) is 49.8 Å². The molecule has 25 heteroatoms. The lowest BCUT2D eigenvalue weighted by Crippen LogP contribution is -2.37. The Morgan fingerprint density at radius 2 is 1.44 bits per heavy atom. The van der Waals surface area contributed by atoms with Gasteiger partial charge in [0.25, 0.3) is 11.1 Å². The largest absolute Gasteiger partial charge is 0.471 e. The molecule has 0 aliphatic carbocycles. The van der Waals surface area contributed by atoms with Crippen LogP contribution in [0.25, 0.3) is 20.9 Å². The molecule has 22 nitrogen and oxygen atoms in total. The summed E-state index contributed by atoms with van der Waals surface area (Å²) in [6.07, 6.45) is -5.24. The van der Waals surface area contributed by atoms with Crippen molar-refractivity contribution in [3.05, 3.63) is 86.1 Å². The van der Waals surface area contributed by atoms with E-state index >= 15 is 0 Å². The lowest BCUT2D eigenvalue weighted by molar-refractivity contribution is -0.173. The van der Waals surface area contributed by atoms with Gasteiger partial charge in [-0.1, -0.05) is 40.8 Å². The number of hydrogen-bond donors (Lipinski definition) is 5. The molecule has 1 amide bonds. The molecule has 2 aromatic rings. The second-order valence-corrected chi connectivity index (χ2v) is 10.9. The van der Waals surface area contributed by atoms with Crippen LogP contribution in [0.3, 0.4) is 0 Å². The Kier molecular flexibility index (Phi) is 16.1. The Morgan fingerprint density at radius 3 is 1.89 bits per heavy atom. The van der Waals surface area contributed by atoms with Crippen LogP contribution in [-0.2, 0) is 23.7 Å². The number of aromatic nitrogens is 4. The van der Waals surface area contributed by atoms with Crippen LogP contribution in [0.5, 0.6) is 0 Å². The molecule has 4 rings (SSSR count). The van der Waals surface area contributed by atoms with Crippen LogP contribution in [0.2, 0.25) is 0 Å². The summed E-state index contributed by atoms with van der Waals surface area (Å²) in [5, 5.41) is 17.4. The zero-order chi connectivity index (χ0) is 39.8. The molecule has 0 saturated carbocycles. The van der Waals surface area contributed by atoms with Crippen LogP contribution in [0, 0.1) is 23.7 Å². The standard InChI is InChI=1S/C15H15F3N6O6.C14H18N6O4/c16-15(17,18)13(27)20-3-1-2-8-5-24(14(28)22-12(8)26)11-4-9(10(6-25)30-11)29-7-21-23-19;1-2-10-11(23-8-17-19-16)6-12(24-10)20-7-9(4-3-5-15)13(21)18-14(20)22/h5,9-11,25H,3-4,6-7H2,(H,20,27)(H,22,26,28);7,10-12H,2,5-6,8,15H2,1H3,(H,18,21,22). The van der Waals surface area contributed by atoms with Gasteiger partial charge >= 0.3 is 23.5 Å². The summed E-state index contributed by atoms with van der Waals surface area (Å²) in [7, 11) is 0. The van der Waals surface area contributed by atoms with Gasteiger partial charge in [0.1, 0.15) is 43.1 Å². The Balaban J connectivity index is 0.000000297. The summed E-state index contributed by atoms with van der Waals surface area (Å²) in [4.78, 5) is 67.8. The highest BCUT2D eigenvalue weighted by atomic mass is 19.4. The number of rotatable bonds is 11. The number of nitrogens with two attached hydrogens (primary N) is 1. The molecule has 2 aliphatic rings. The van der Waals surface area contributed by atoms with Gasteiger partial charge in [0, 0.05) is 35.1 Å². The number of nitrogens with zero attached hydrogens (tertiary/aromatic N) is 8. The Bertz CT molecular complexity index is 2100. The first-order valence-electron chi connectivity index (χ1n) is 15.7. The van der Waals surface area contributed by atoms with Gasteiger partial charge in [-0.2, -0.15) is 13.2 Å². The van der Waals surface area contributed by atoms with Gasteiger partial charge in [-0.15, -0.1) is 0 Å². The van der Waals surface area contributed by atoms with Crippen molar-refractivity contribution in [2.45, 2.75) is 69.2 Å². The molecule has 2 aromatic heterocycles. The van der Waals surface area contributed by atoms with Crippen LogP contribution in [-0.4, -0.2) is 93.9 Å². The molecular formula is C29H33F3N12O10. The zero-order valence-corrected chi connectivity index (χ0v) is 28.2. The maximum absolute atomic E-state index is 12.1. The van der Waals surface area contributed by atoms with E-state index in [1.54, 1.807) is 0 Å².